The average molecular weight is 383 g/mol. The molecular weight excluding hydrogens is 368 g/mol. The zero-order valence-corrected chi connectivity index (χ0v) is 14.5. The Kier molecular flexibility index (Phi) is 5.03. The third kappa shape index (κ3) is 3.23. The second-order valence-electron chi connectivity index (χ2n) is 4.74. The molecule has 4 nitrogen and oxygen atoms in total. The number of benzene rings is 2. The Morgan fingerprint density at radius 2 is 1.77 bits per heavy atom. The fraction of sp³-hybridized carbons (Fsp3) is 0.188. The maximum absolute atomic E-state index is 12.5. The molecule has 2 rings (SSSR count). The predicted molar refractivity (Wildman–Crippen MR) is 88.4 cm³/mol. The van der Waals surface area contributed by atoms with E-state index < -0.39 is 19.8 Å². The fourth-order valence-electron chi connectivity index (χ4n) is 1.99. The van der Waals surface area contributed by atoms with E-state index in [1.54, 1.807) is 36.4 Å². The summed E-state index contributed by atoms with van der Waals surface area (Å²) in [7, 11) is -2.36. The van der Waals surface area contributed by atoms with Crippen LogP contribution in [0.25, 0.3) is 0 Å². The summed E-state index contributed by atoms with van der Waals surface area (Å²) < 4.78 is 28.8. The fourth-order valence-corrected chi connectivity index (χ4v) is 4.07. The van der Waals surface area contributed by atoms with Gasteiger partial charge in [0.15, 0.2) is 19.8 Å². The van der Waals surface area contributed by atoms with E-state index in [1.165, 1.54) is 19.2 Å². The van der Waals surface area contributed by atoms with Crippen LogP contribution >= 0.6 is 15.9 Å². The van der Waals surface area contributed by atoms with Gasteiger partial charge in [-0.3, -0.25) is 4.79 Å². The molecule has 6 heteroatoms. The average Bonchev–Trinajstić information content (AvgIpc) is 2.54. The summed E-state index contributed by atoms with van der Waals surface area (Å²) in [5.41, 5.74) is 1.15. The summed E-state index contributed by atoms with van der Waals surface area (Å²) >= 11 is 3.03. The molecule has 0 fully saturated rings. The minimum absolute atomic E-state index is 0.0938. The van der Waals surface area contributed by atoms with Crippen molar-refractivity contribution < 1.29 is 17.9 Å². The molecule has 0 aliphatic carbocycles. The monoisotopic (exact) mass is 382 g/mol. The van der Waals surface area contributed by atoms with Crippen molar-refractivity contribution >= 4 is 31.6 Å². The number of alkyl halides is 1. The van der Waals surface area contributed by atoms with Crippen molar-refractivity contribution in [1.29, 1.82) is 0 Å². The number of ketones is 1. The molecule has 2 aromatic carbocycles. The number of carbonyl (C=O) groups is 1. The predicted octanol–water partition coefficient (Wildman–Crippen LogP) is 3.38. The molecule has 2 aromatic rings. The number of hydrogen-bond donors (Lipinski definition) is 0. The van der Waals surface area contributed by atoms with Gasteiger partial charge >= 0.3 is 0 Å². The number of halogens is 1. The maximum atomic E-state index is 12.5. The molecule has 0 aliphatic heterocycles. The van der Waals surface area contributed by atoms with Gasteiger partial charge in [0, 0.05) is 0 Å². The Morgan fingerprint density at radius 3 is 2.36 bits per heavy atom. The van der Waals surface area contributed by atoms with Gasteiger partial charge in [-0.2, -0.15) is 0 Å². The molecule has 1 atom stereocenters. The maximum Gasteiger partial charge on any atom is 0.198 e. The van der Waals surface area contributed by atoms with Crippen LogP contribution in [0, 0.1) is 6.92 Å². The van der Waals surface area contributed by atoms with Crippen LogP contribution in [0.4, 0.5) is 0 Å². The summed E-state index contributed by atoms with van der Waals surface area (Å²) in [5.74, 6) is -0.196. The lowest BCUT2D eigenvalue weighted by molar-refractivity contribution is 0.101. The molecule has 0 amide bonds. The van der Waals surface area contributed by atoms with Crippen molar-refractivity contribution in [1.82, 2.24) is 0 Å². The largest absolute Gasteiger partial charge is 0.496 e. The van der Waals surface area contributed by atoms with Crippen LogP contribution in [0.5, 0.6) is 5.75 Å². The van der Waals surface area contributed by atoms with Gasteiger partial charge in [-0.25, -0.2) is 8.42 Å². The molecule has 116 valence electrons. The first kappa shape index (κ1) is 16.7. The lowest BCUT2D eigenvalue weighted by atomic mass is 10.1. The van der Waals surface area contributed by atoms with Crippen molar-refractivity contribution in [3.8, 4) is 5.75 Å². The van der Waals surface area contributed by atoms with E-state index in [-0.39, 0.29) is 10.5 Å². The summed E-state index contributed by atoms with van der Waals surface area (Å²) in [6.45, 7) is 1.86. The molecule has 0 bridgehead atoms. The van der Waals surface area contributed by atoms with Crippen LogP contribution in [0.3, 0.4) is 0 Å². The van der Waals surface area contributed by atoms with Crippen LogP contribution in [-0.2, 0) is 9.84 Å². The summed E-state index contributed by atoms with van der Waals surface area (Å²) in [6.07, 6.45) is 0. The minimum Gasteiger partial charge on any atom is -0.496 e. The van der Waals surface area contributed by atoms with Crippen molar-refractivity contribution in [3.05, 3.63) is 59.7 Å². The molecule has 0 aliphatic rings. The first-order valence-corrected chi connectivity index (χ1v) is 8.96. The first-order valence-electron chi connectivity index (χ1n) is 6.50. The number of hydrogen-bond acceptors (Lipinski definition) is 4. The molecule has 0 aromatic heterocycles. The highest BCUT2D eigenvalue weighted by Crippen LogP contribution is 2.28. The number of aryl methyl sites for hydroxylation is 1. The van der Waals surface area contributed by atoms with Crippen LogP contribution in [-0.4, -0.2) is 25.5 Å². The standard InChI is InChI=1S/C16H15BrO4S/c1-11-8-9-13(14(10-11)21-2)15(18)16(17)22(19,20)12-6-4-3-5-7-12/h3-10,16H,1-2H3. The third-order valence-corrected chi connectivity index (χ3v) is 6.75. The van der Waals surface area contributed by atoms with E-state index in [0.29, 0.717) is 5.75 Å². The Morgan fingerprint density at radius 1 is 1.14 bits per heavy atom. The smallest absolute Gasteiger partial charge is 0.198 e. The Hall–Kier alpha value is -1.66. The number of Topliss-reactive ketones (excluding diaryl/α,β-unsaturated/α-hetero) is 1. The topological polar surface area (TPSA) is 60.4 Å². The van der Waals surface area contributed by atoms with E-state index >= 15 is 0 Å². The molecule has 0 saturated carbocycles. The number of ether oxygens (including phenoxy) is 1. The number of sulfone groups is 1. The molecule has 0 radical (unpaired) electrons. The van der Waals surface area contributed by atoms with Crippen LogP contribution in [0.1, 0.15) is 15.9 Å². The summed E-state index contributed by atoms with van der Waals surface area (Å²) in [5, 5.41) is 0. The lowest BCUT2D eigenvalue weighted by Crippen LogP contribution is -2.25. The van der Waals surface area contributed by atoms with Gasteiger partial charge in [0.25, 0.3) is 0 Å². The van der Waals surface area contributed by atoms with E-state index in [0.717, 1.165) is 5.56 Å². The van der Waals surface area contributed by atoms with Gasteiger partial charge < -0.3 is 4.74 Å². The highest BCUT2D eigenvalue weighted by atomic mass is 79.9. The second-order valence-corrected chi connectivity index (χ2v) is 8.30. The van der Waals surface area contributed by atoms with Crippen molar-refractivity contribution in [2.75, 3.05) is 7.11 Å². The van der Waals surface area contributed by atoms with Crippen molar-refractivity contribution in [2.24, 2.45) is 0 Å². The molecule has 0 saturated heterocycles. The highest BCUT2D eigenvalue weighted by molar-refractivity contribution is 9.11. The molecule has 22 heavy (non-hydrogen) atoms. The van der Waals surface area contributed by atoms with Gasteiger partial charge in [0.1, 0.15) is 5.75 Å². The molecule has 0 N–H and O–H groups in total. The van der Waals surface area contributed by atoms with Crippen LogP contribution in [0.2, 0.25) is 0 Å². The molecule has 1 unspecified atom stereocenters. The summed E-state index contributed by atoms with van der Waals surface area (Å²) in [4.78, 5) is 12.6. The number of methoxy groups -OCH3 is 1. The number of carbonyl (C=O) groups excluding carboxylic acids is 1. The van der Waals surface area contributed by atoms with E-state index in [1.807, 2.05) is 6.92 Å². The normalized spacial score (nSPS) is 12.7. The van der Waals surface area contributed by atoms with Crippen molar-refractivity contribution in [3.63, 3.8) is 0 Å². The van der Waals surface area contributed by atoms with Crippen LogP contribution < -0.4 is 4.74 Å². The van der Waals surface area contributed by atoms with Crippen molar-refractivity contribution in [2.45, 2.75) is 16.0 Å². The first-order chi connectivity index (χ1) is 10.4. The lowest BCUT2D eigenvalue weighted by Gasteiger charge is -2.13. The minimum atomic E-state index is -3.81. The van der Waals surface area contributed by atoms with E-state index in [4.69, 9.17) is 4.74 Å². The van der Waals surface area contributed by atoms with Gasteiger partial charge in [0.2, 0.25) is 0 Å². The zero-order chi connectivity index (χ0) is 16.3. The quantitative estimate of drug-likeness (QED) is 0.587. The van der Waals surface area contributed by atoms with E-state index in [2.05, 4.69) is 15.9 Å². The van der Waals surface area contributed by atoms with Gasteiger partial charge in [0.05, 0.1) is 17.6 Å². The Bertz CT molecular complexity index is 785. The third-order valence-electron chi connectivity index (χ3n) is 3.17. The molecule has 0 heterocycles. The van der Waals surface area contributed by atoms with Crippen LogP contribution in [0.15, 0.2) is 53.4 Å². The van der Waals surface area contributed by atoms with E-state index in [9.17, 15) is 13.2 Å². The molecule has 0 spiro atoms. The molecular formula is C16H15BrO4S. The van der Waals surface area contributed by atoms with Gasteiger partial charge in [-0.15, -0.1) is 0 Å². The zero-order valence-electron chi connectivity index (χ0n) is 12.1. The Labute approximate surface area is 138 Å². The van der Waals surface area contributed by atoms with Gasteiger partial charge in [-0.1, -0.05) is 40.2 Å². The Balaban J connectivity index is 2.42. The summed E-state index contributed by atoms with van der Waals surface area (Å²) in [6, 6.07) is 12.9. The SMILES string of the molecule is COc1cc(C)ccc1C(=O)C(Br)S(=O)(=O)c1ccccc1. The second kappa shape index (κ2) is 6.62. The van der Waals surface area contributed by atoms with Gasteiger partial charge in [-0.05, 0) is 36.8 Å². The number of rotatable bonds is 5. The highest BCUT2D eigenvalue weighted by Gasteiger charge is 2.33.